The number of aliphatic hydroxyl groups is 1. The number of ether oxygens (including phenoxy) is 1. The highest BCUT2D eigenvalue weighted by atomic mass is 19.1. The fourth-order valence-electron chi connectivity index (χ4n) is 4.63. The van der Waals surface area contributed by atoms with E-state index in [0.29, 0.717) is 17.6 Å². The van der Waals surface area contributed by atoms with E-state index in [1.54, 1.807) is 19.2 Å². The first-order valence-electron chi connectivity index (χ1n) is 9.16. The number of nitrogens with one attached hydrogen (secondary N) is 1. The molecule has 0 unspecified atom stereocenters. The molecule has 4 atom stereocenters. The Balaban J connectivity index is 1.58. The molecule has 0 aliphatic carbocycles. The number of hydrogen-bond acceptors (Lipinski definition) is 4. The Hall–Kier alpha value is -1.95. The smallest absolute Gasteiger partial charge is 0.123 e. The number of halogens is 1. The zero-order chi connectivity index (χ0) is 18.1. The van der Waals surface area contributed by atoms with E-state index < -0.39 is 0 Å². The van der Waals surface area contributed by atoms with Crippen LogP contribution in [0.25, 0.3) is 0 Å². The van der Waals surface area contributed by atoms with Crippen molar-refractivity contribution in [2.24, 2.45) is 11.8 Å². The topological polar surface area (TPSA) is 44.7 Å². The van der Waals surface area contributed by atoms with Crippen LogP contribution in [-0.4, -0.2) is 42.9 Å². The molecule has 2 heterocycles. The number of methoxy groups -OCH3 is 1. The summed E-state index contributed by atoms with van der Waals surface area (Å²) in [7, 11) is 1.61. The highest BCUT2D eigenvalue weighted by Crippen LogP contribution is 2.44. The van der Waals surface area contributed by atoms with Gasteiger partial charge in [0.25, 0.3) is 0 Å². The molecular formula is C21H25FN2O2. The summed E-state index contributed by atoms with van der Waals surface area (Å²) < 4.78 is 19.4. The number of fused-ring (bicyclic) bond motifs is 1. The van der Waals surface area contributed by atoms with Gasteiger partial charge in [0.15, 0.2) is 0 Å². The number of hydrogen-bond donors (Lipinski definition) is 2. The van der Waals surface area contributed by atoms with Gasteiger partial charge in [0.05, 0.1) is 13.7 Å². The third-order valence-corrected chi connectivity index (χ3v) is 5.80. The Morgan fingerprint density at radius 1 is 1.15 bits per heavy atom. The highest BCUT2D eigenvalue weighted by molar-refractivity contribution is 5.38. The summed E-state index contributed by atoms with van der Waals surface area (Å²) in [6.45, 7) is 2.85. The van der Waals surface area contributed by atoms with Crippen LogP contribution in [0.5, 0.6) is 5.75 Å². The molecule has 2 saturated heterocycles. The van der Waals surface area contributed by atoms with Crippen molar-refractivity contribution in [3.8, 4) is 5.75 Å². The largest absolute Gasteiger partial charge is 0.496 e. The van der Waals surface area contributed by atoms with Crippen LogP contribution in [0.1, 0.15) is 17.2 Å². The first-order chi connectivity index (χ1) is 12.7. The van der Waals surface area contributed by atoms with Gasteiger partial charge in [-0.2, -0.15) is 0 Å². The molecule has 2 aliphatic rings. The third-order valence-electron chi connectivity index (χ3n) is 5.80. The number of benzene rings is 2. The highest BCUT2D eigenvalue weighted by Gasteiger charge is 2.48. The summed E-state index contributed by atoms with van der Waals surface area (Å²) in [5.41, 5.74) is 2.14. The van der Waals surface area contributed by atoms with Gasteiger partial charge in [-0.05, 0) is 35.6 Å². The van der Waals surface area contributed by atoms with Gasteiger partial charge in [-0.25, -0.2) is 4.39 Å². The predicted octanol–water partition coefficient (Wildman–Crippen LogP) is 2.59. The molecule has 4 nitrogen and oxygen atoms in total. The Morgan fingerprint density at radius 2 is 1.92 bits per heavy atom. The van der Waals surface area contributed by atoms with Crippen molar-refractivity contribution in [2.75, 3.05) is 26.8 Å². The first kappa shape index (κ1) is 17.5. The van der Waals surface area contributed by atoms with Crippen molar-refractivity contribution < 1.29 is 14.2 Å². The van der Waals surface area contributed by atoms with E-state index in [9.17, 15) is 9.50 Å². The van der Waals surface area contributed by atoms with Crippen LogP contribution in [0, 0.1) is 17.7 Å². The lowest BCUT2D eigenvalue weighted by Crippen LogP contribution is -2.36. The second-order valence-electron chi connectivity index (χ2n) is 7.33. The van der Waals surface area contributed by atoms with Crippen LogP contribution in [0.3, 0.4) is 0 Å². The van der Waals surface area contributed by atoms with Gasteiger partial charge < -0.3 is 15.2 Å². The first-order valence-corrected chi connectivity index (χ1v) is 9.16. The molecule has 0 aromatic heterocycles. The molecule has 5 heteroatoms. The quantitative estimate of drug-likeness (QED) is 0.864. The summed E-state index contributed by atoms with van der Waals surface area (Å²) >= 11 is 0. The van der Waals surface area contributed by atoms with Crippen LogP contribution < -0.4 is 10.1 Å². The van der Waals surface area contributed by atoms with E-state index in [1.807, 2.05) is 6.07 Å². The Bertz CT molecular complexity index is 755. The van der Waals surface area contributed by atoms with Crippen molar-refractivity contribution in [1.29, 1.82) is 0 Å². The molecule has 2 aromatic carbocycles. The number of likely N-dealkylation sites (tertiary alicyclic amines) is 1. The molecule has 26 heavy (non-hydrogen) atoms. The van der Waals surface area contributed by atoms with Gasteiger partial charge >= 0.3 is 0 Å². The zero-order valence-corrected chi connectivity index (χ0v) is 14.9. The van der Waals surface area contributed by atoms with Gasteiger partial charge in [0.1, 0.15) is 11.6 Å². The third kappa shape index (κ3) is 3.22. The Labute approximate surface area is 153 Å². The maximum atomic E-state index is 13.9. The van der Waals surface area contributed by atoms with Gasteiger partial charge in [-0.15, -0.1) is 0 Å². The van der Waals surface area contributed by atoms with Crippen molar-refractivity contribution in [2.45, 2.75) is 18.6 Å². The molecule has 0 amide bonds. The zero-order valence-electron chi connectivity index (χ0n) is 14.9. The van der Waals surface area contributed by atoms with E-state index in [4.69, 9.17) is 4.74 Å². The fraction of sp³-hybridized carbons (Fsp3) is 0.429. The van der Waals surface area contributed by atoms with Crippen molar-refractivity contribution in [1.82, 2.24) is 10.2 Å². The summed E-state index contributed by atoms with van der Waals surface area (Å²) in [6, 6.07) is 15.1. The van der Waals surface area contributed by atoms with Gasteiger partial charge in [-0.3, -0.25) is 4.90 Å². The maximum Gasteiger partial charge on any atom is 0.123 e. The number of rotatable bonds is 5. The summed E-state index contributed by atoms with van der Waals surface area (Å²) in [6.07, 6.45) is 0. The fourth-order valence-corrected chi connectivity index (χ4v) is 4.63. The summed E-state index contributed by atoms with van der Waals surface area (Å²) in [4.78, 5) is 2.44. The van der Waals surface area contributed by atoms with Crippen LogP contribution in [0.15, 0.2) is 48.5 Å². The summed E-state index contributed by atoms with van der Waals surface area (Å²) in [5, 5.41) is 13.4. The van der Waals surface area contributed by atoms with Crippen LogP contribution in [-0.2, 0) is 6.54 Å². The summed E-state index contributed by atoms with van der Waals surface area (Å²) in [5.74, 6) is 1.11. The van der Waals surface area contributed by atoms with Crippen molar-refractivity contribution >= 4 is 0 Å². The normalized spacial score (nSPS) is 28.3. The average molecular weight is 356 g/mol. The van der Waals surface area contributed by atoms with E-state index in [2.05, 4.69) is 34.5 Å². The minimum Gasteiger partial charge on any atom is -0.496 e. The molecule has 0 bridgehead atoms. The second-order valence-corrected chi connectivity index (χ2v) is 7.33. The maximum absolute atomic E-state index is 13.9. The van der Waals surface area contributed by atoms with Gasteiger partial charge in [0, 0.05) is 37.3 Å². The molecule has 2 N–H and O–H groups in total. The van der Waals surface area contributed by atoms with Gasteiger partial charge in [-0.1, -0.05) is 30.3 Å². The molecule has 4 rings (SSSR count). The predicted molar refractivity (Wildman–Crippen MR) is 98.4 cm³/mol. The minimum atomic E-state index is -0.259. The van der Waals surface area contributed by atoms with E-state index in [1.165, 1.54) is 11.6 Å². The molecule has 138 valence electrons. The van der Waals surface area contributed by atoms with E-state index >= 15 is 0 Å². The van der Waals surface area contributed by atoms with Crippen molar-refractivity contribution in [3.63, 3.8) is 0 Å². The molecule has 0 spiro atoms. The van der Waals surface area contributed by atoms with Crippen LogP contribution in [0.2, 0.25) is 0 Å². The standard InChI is InChI=1S/C21H25FN2O2/c1-26-20-8-7-15(22)9-16(20)21-18-12-24(10-14-5-3-2-4-6-14)11-17(18)19(13-25)23-21/h2-9,17-19,21,23,25H,10-13H2,1H3/t17-,18+,19-,21+/m1/s1. The lowest BCUT2D eigenvalue weighted by atomic mass is 9.87. The van der Waals surface area contributed by atoms with Crippen LogP contribution >= 0.6 is 0 Å². The minimum absolute atomic E-state index is 0.0106. The van der Waals surface area contributed by atoms with Gasteiger partial charge in [0.2, 0.25) is 0 Å². The molecule has 2 fully saturated rings. The molecule has 0 radical (unpaired) electrons. The van der Waals surface area contributed by atoms with Crippen LogP contribution in [0.4, 0.5) is 4.39 Å². The SMILES string of the molecule is COc1ccc(F)cc1[C@@H]1N[C@H](CO)[C@@H]2CN(Cc3ccccc3)C[C@@H]21. The monoisotopic (exact) mass is 356 g/mol. The Morgan fingerprint density at radius 3 is 2.65 bits per heavy atom. The number of aliphatic hydroxyl groups excluding tert-OH is 1. The molecular weight excluding hydrogens is 331 g/mol. The number of nitrogens with zero attached hydrogens (tertiary/aromatic N) is 1. The molecule has 2 aliphatic heterocycles. The Kier molecular flexibility index (Phi) is 4.94. The molecule has 0 saturated carbocycles. The molecule has 2 aromatic rings. The lowest BCUT2D eigenvalue weighted by molar-refractivity contribution is 0.211. The van der Waals surface area contributed by atoms with E-state index in [-0.39, 0.29) is 24.5 Å². The lowest BCUT2D eigenvalue weighted by Gasteiger charge is -2.24. The van der Waals surface area contributed by atoms with E-state index in [0.717, 1.165) is 25.2 Å². The second kappa shape index (κ2) is 7.35. The van der Waals surface area contributed by atoms with Crippen molar-refractivity contribution in [3.05, 3.63) is 65.5 Å². The average Bonchev–Trinajstić information content (AvgIpc) is 3.21.